The molecular formula is C17H22N2O4. The maximum absolute atomic E-state index is 11.8. The monoisotopic (exact) mass is 318 g/mol. The largest absolute Gasteiger partial charge is 0.440 e. The minimum absolute atomic E-state index is 0.155. The van der Waals surface area contributed by atoms with Crippen LogP contribution in [0.4, 0.5) is 0 Å². The molecule has 0 radical (unpaired) electrons. The van der Waals surface area contributed by atoms with E-state index in [9.17, 15) is 9.90 Å². The molecule has 6 heteroatoms. The number of aliphatic hydroxyl groups is 1. The quantitative estimate of drug-likeness (QED) is 0.774. The molecule has 2 aromatic rings. The molecule has 0 saturated heterocycles. The van der Waals surface area contributed by atoms with Crippen LogP contribution in [0.2, 0.25) is 0 Å². The molecule has 0 spiro atoms. The Balaban J connectivity index is 1.86. The Hall–Kier alpha value is -2.18. The van der Waals surface area contributed by atoms with E-state index < -0.39 is 6.10 Å². The molecule has 23 heavy (non-hydrogen) atoms. The molecule has 0 fully saturated rings. The molecule has 1 atom stereocenters. The Morgan fingerprint density at radius 3 is 2.83 bits per heavy atom. The Labute approximate surface area is 135 Å². The van der Waals surface area contributed by atoms with Crippen LogP contribution in [0, 0.1) is 6.92 Å². The van der Waals surface area contributed by atoms with Gasteiger partial charge in [0.15, 0.2) is 11.7 Å². The van der Waals surface area contributed by atoms with E-state index >= 15 is 0 Å². The van der Waals surface area contributed by atoms with E-state index in [-0.39, 0.29) is 25.5 Å². The van der Waals surface area contributed by atoms with Crippen molar-refractivity contribution in [2.75, 3.05) is 20.3 Å². The van der Waals surface area contributed by atoms with Gasteiger partial charge in [0.05, 0.1) is 18.4 Å². The standard InChI is InChI=1S/C17H22N2O4/c1-12-17(13-6-4-3-5-7-13)23-16(19-12)9-8-15(21)18-10-14(20)11-22-2/h3-7,14,20H,8-11H2,1-2H3,(H,18,21). The van der Waals surface area contributed by atoms with Gasteiger partial charge in [-0.2, -0.15) is 0 Å². The molecule has 0 aliphatic carbocycles. The van der Waals surface area contributed by atoms with Gasteiger partial charge in [0, 0.05) is 32.1 Å². The van der Waals surface area contributed by atoms with Crippen LogP contribution in [-0.2, 0) is 16.0 Å². The highest BCUT2D eigenvalue weighted by Gasteiger charge is 2.13. The average Bonchev–Trinajstić information content (AvgIpc) is 2.93. The van der Waals surface area contributed by atoms with E-state index in [4.69, 9.17) is 9.15 Å². The molecule has 0 aliphatic heterocycles. The van der Waals surface area contributed by atoms with Crippen LogP contribution in [0.5, 0.6) is 0 Å². The van der Waals surface area contributed by atoms with Gasteiger partial charge in [0.25, 0.3) is 0 Å². The van der Waals surface area contributed by atoms with Crippen LogP contribution in [-0.4, -0.2) is 42.4 Å². The Morgan fingerprint density at radius 1 is 1.39 bits per heavy atom. The van der Waals surface area contributed by atoms with Crippen molar-refractivity contribution in [2.45, 2.75) is 25.9 Å². The van der Waals surface area contributed by atoms with Crippen molar-refractivity contribution in [2.24, 2.45) is 0 Å². The maximum atomic E-state index is 11.8. The number of ether oxygens (including phenoxy) is 1. The van der Waals surface area contributed by atoms with Crippen molar-refractivity contribution < 1.29 is 19.1 Å². The molecule has 6 nitrogen and oxygen atoms in total. The van der Waals surface area contributed by atoms with Crippen LogP contribution in [0.25, 0.3) is 11.3 Å². The highest BCUT2D eigenvalue weighted by atomic mass is 16.5. The van der Waals surface area contributed by atoms with Gasteiger partial charge in [-0.15, -0.1) is 0 Å². The minimum Gasteiger partial charge on any atom is -0.440 e. The summed E-state index contributed by atoms with van der Waals surface area (Å²) in [6, 6.07) is 9.74. The Morgan fingerprint density at radius 2 is 2.13 bits per heavy atom. The van der Waals surface area contributed by atoms with Crippen molar-refractivity contribution in [1.29, 1.82) is 0 Å². The number of aromatic nitrogens is 1. The number of hydrogen-bond donors (Lipinski definition) is 2. The third-order valence-corrected chi connectivity index (χ3v) is 3.34. The fourth-order valence-electron chi connectivity index (χ4n) is 2.21. The number of methoxy groups -OCH3 is 1. The topological polar surface area (TPSA) is 84.6 Å². The summed E-state index contributed by atoms with van der Waals surface area (Å²) in [6.45, 7) is 2.25. The number of hydrogen-bond acceptors (Lipinski definition) is 5. The highest BCUT2D eigenvalue weighted by molar-refractivity contribution is 5.76. The van der Waals surface area contributed by atoms with E-state index in [0.29, 0.717) is 12.3 Å². The zero-order valence-corrected chi connectivity index (χ0v) is 13.4. The number of aliphatic hydroxyl groups excluding tert-OH is 1. The first-order valence-corrected chi connectivity index (χ1v) is 7.55. The third-order valence-electron chi connectivity index (χ3n) is 3.34. The van der Waals surface area contributed by atoms with Crippen LogP contribution in [0.1, 0.15) is 18.0 Å². The second-order valence-corrected chi connectivity index (χ2v) is 5.30. The molecule has 2 N–H and O–H groups in total. The van der Waals surface area contributed by atoms with Crippen molar-refractivity contribution in [1.82, 2.24) is 10.3 Å². The number of nitrogens with zero attached hydrogens (tertiary/aromatic N) is 1. The van der Waals surface area contributed by atoms with Gasteiger partial charge in [-0.05, 0) is 6.92 Å². The number of carbonyl (C=O) groups excluding carboxylic acids is 1. The maximum Gasteiger partial charge on any atom is 0.220 e. The predicted molar refractivity (Wildman–Crippen MR) is 85.9 cm³/mol. The van der Waals surface area contributed by atoms with Crippen molar-refractivity contribution in [3.8, 4) is 11.3 Å². The van der Waals surface area contributed by atoms with Gasteiger partial charge in [0.2, 0.25) is 5.91 Å². The molecule has 1 aromatic carbocycles. The van der Waals surface area contributed by atoms with E-state index in [1.54, 1.807) is 0 Å². The summed E-state index contributed by atoms with van der Waals surface area (Å²) in [7, 11) is 1.50. The summed E-state index contributed by atoms with van der Waals surface area (Å²) >= 11 is 0. The van der Waals surface area contributed by atoms with E-state index in [0.717, 1.165) is 17.0 Å². The second-order valence-electron chi connectivity index (χ2n) is 5.30. The summed E-state index contributed by atoms with van der Waals surface area (Å²) in [5, 5.41) is 12.1. The molecule has 1 heterocycles. The molecule has 124 valence electrons. The lowest BCUT2D eigenvalue weighted by molar-refractivity contribution is -0.121. The van der Waals surface area contributed by atoms with E-state index in [1.807, 2.05) is 37.3 Å². The van der Waals surface area contributed by atoms with Crippen molar-refractivity contribution in [3.63, 3.8) is 0 Å². The van der Waals surface area contributed by atoms with Gasteiger partial charge in [-0.25, -0.2) is 4.98 Å². The predicted octanol–water partition coefficient (Wildman–Crippen LogP) is 1.71. The first-order valence-electron chi connectivity index (χ1n) is 7.55. The average molecular weight is 318 g/mol. The molecule has 0 saturated carbocycles. The summed E-state index contributed by atoms with van der Waals surface area (Å²) < 4.78 is 10.6. The van der Waals surface area contributed by atoms with Gasteiger partial charge in [-0.1, -0.05) is 30.3 Å². The van der Waals surface area contributed by atoms with E-state index in [2.05, 4.69) is 10.3 Å². The number of rotatable bonds is 8. The Bertz CT molecular complexity index is 625. The third kappa shape index (κ3) is 5.19. The molecule has 1 amide bonds. The van der Waals surface area contributed by atoms with Crippen molar-refractivity contribution in [3.05, 3.63) is 41.9 Å². The van der Waals surface area contributed by atoms with Gasteiger partial charge >= 0.3 is 0 Å². The number of oxazole rings is 1. The number of aryl methyl sites for hydroxylation is 2. The lowest BCUT2D eigenvalue weighted by Gasteiger charge is -2.10. The van der Waals surface area contributed by atoms with E-state index in [1.165, 1.54) is 7.11 Å². The second kappa shape index (κ2) is 8.45. The molecule has 2 rings (SSSR count). The van der Waals surface area contributed by atoms with Gasteiger partial charge in [0.1, 0.15) is 0 Å². The minimum atomic E-state index is -0.697. The zero-order chi connectivity index (χ0) is 16.7. The van der Waals surface area contributed by atoms with Crippen molar-refractivity contribution >= 4 is 5.91 Å². The Kier molecular flexibility index (Phi) is 6.31. The first-order chi connectivity index (χ1) is 11.1. The molecule has 0 bridgehead atoms. The van der Waals surface area contributed by atoms with Crippen LogP contribution >= 0.6 is 0 Å². The fourth-order valence-corrected chi connectivity index (χ4v) is 2.21. The van der Waals surface area contributed by atoms with Crippen LogP contribution < -0.4 is 5.32 Å². The lowest BCUT2D eigenvalue weighted by Crippen LogP contribution is -2.34. The van der Waals surface area contributed by atoms with Gasteiger partial charge < -0.3 is 19.6 Å². The SMILES string of the molecule is COCC(O)CNC(=O)CCc1nc(C)c(-c2ccccc2)o1. The van der Waals surface area contributed by atoms with Gasteiger partial charge in [-0.3, -0.25) is 4.79 Å². The fraction of sp³-hybridized carbons (Fsp3) is 0.412. The smallest absolute Gasteiger partial charge is 0.220 e. The summed E-state index contributed by atoms with van der Waals surface area (Å²) in [5.74, 6) is 1.11. The first kappa shape index (κ1) is 17.2. The molecular weight excluding hydrogens is 296 g/mol. The number of benzene rings is 1. The zero-order valence-electron chi connectivity index (χ0n) is 13.4. The molecule has 1 aromatic heterocycles. The van der Waals surface area contributed by atoms with Crippen LogP contribution in [0.15, 0.2) is 34.7 Å². The number of carbonyl (C=O) groups is 1. The number of amides is 1. The number of nitrogens with one attached hydrogen (secondary N) is 1. The highest BCUT2D eigenvalue weighted by Crippen LogP contribution is 2.24. The summed E-state index contributed by atoms with van der Waals surface area (Å²) in [5.41, 5.74) is 1.78. The lowest BCUT2D eigenvalue weighted by atomic mass is 10.1. The molecule has 0 aliphatic rings. The summed E-state index contributed by atoms with van der Waals surface area (Å²) in [6.07, 6.45) is -0.0223. The molecule has 1 unspecified atom stereocenters. The summed E-state index contributed by atoms with van der Waals surface area (Å²) in [4.78, 5) is 16.1. The van der Waals surface area contributed by atoms with Crippen LogP contribution in [0.3, 0.4) is 0 Å². The normalized spacial score (nSPS) is 12.1.